The van der Waals surface area contributed by atoms with Crippen molar-refractivity contribution in [2.45, 2.75) is 58.4 Å². The topological polar surface area (TPSA) is 65.6 Å². The van der Waals surface area contributed by atoms with Crippen LogP contribution >= 0.6 is 0 Å². The molecule has 2 aromatic carbocycles. The quantitative estimate of drug-likeness (QED) is 0.383. The van der Waals surface area contributed by atoms with Crippen molar-refractivity contribution in [3.8, 4) is 5.75 Å². The highest BCUT2D eigenvalue weighted by atomic mass is 16.5. The number of amides is 2. The van der Waals surface area contributed by atoms with Crippen LogP contribution in [0.1, 0.15) is 56.6 Å². The number of methoxy groups -OCH3 is 1. The van der Waals surface area contributed by atoms with Crippen molar-refractivity contribution in [2.24, 2.45) is 5.92 Å². The summed E-state index contributed by atoms with van der Waals surface area (Å²) < 4.78 is 5.56. The summed E-state index contributed by atoms with van der Waals surface area (Å²) in [6.45, 7) is 3.83. The first-order valence-electron chi connectivity index (χ1n) is 13.3. The maximum atomic E-state index is 13.7. The first-order chi connectivity index (χ1) is 17.6. The van der Waals surface area contributed by atoms with Gasteiger partial charge < -0.3 is 19.5 Å². The predicted octanol–water partition coefficient (Wildman–Crippen LogP) is 5.57. The normalized spacial score (nSPS) is 14.1. The SMILES string of the molecule is CCCN(CC(=O)N(CCc1c[nH]c2ccccc12)Cc1ccccc1OC)C(=O)C1CCCCC1. The second kappa shape index (κ2) is 12.6. The van der Waals surface area contributed by atoms with Gasteiger partial charge >= 0.3 is 0 Å². The number of hydrogen-bond donors (Lipinski definition) is 1. The van der Waals surface area contributed by atoms with Crippen molar-refractivity contribution >= 4 is 22.7 Å². The number of para-hydroxylation sites is 2. The number of nitrogens with zero attached hydrogens (tertiary/aromatic N) is 2. The Morgan fingerprint density at radius 1 is 0.944 bits per heavy atom. The number of aromatic amines is 1. The third-order valence-corrected chi connectivity index (χ3v) is 7.32. The Hall–Kier alpha value is -3.28. The van der Waals surface area contributed by atoms with E-state index in [-0.39, 0.29) is 24.3 Å². The van der Waals surface area contributed by atoms with E-state index in [0.29, 0.717) is 19.6 Å². The lowest BCUT2D eigenvalue weighted by Gasteiger charge is -2.31. The summed E-state index contributed by atoms with van der Waals surface area (Å²) in [5, 5.41) is 1.18. The van der Waals surface area contributed by atoms with Crippen LogP contribution in [0.4, 0.5) is 0 Å². The summed E-state index contributed by atoms with van der Waals surface area (Å²) in [4.78, 5) is 34.1. The Labute approximate surface area is 214 Å². The zero-order valence-corrected chi connectivity index (χ0v) is 21.7. The number of nitrogens with one attached hydrogen (secondary N) is 1. The molecule has 1 heterocycles. The highest BCUT2D eigenvalue weighted by Gasteiger charge is 2.28. The zero-order chi connectivity index (χ0) is 25.3. The lowest BCUT2D eigenvalue weighted by atomic mass is 9.88. The molecule has 1 aliphatic rings. The Balaban J connectivity index is 1.52. The molecule has 0 aliphatic heterocycles. The summed E-state index contributed by atoms with van der Waals surface area (Å²) in [5.41, 5.74) is 3.25. The van der Waals surface area contributed by atoms with Crippen LogP contribution in [-0.2, 0) is 22.6 Å². The van der Waals surface area contributed by atoms with E-state index in [9.17, 15) is 9.59 Å². The van der Waals surface area contributed by atoms with Crippen molar-refractivity contribution < 1.29 is 14.3 Å². The Morgan fingerprint density at radius 2 is 1.69 bits per heavy atom. The van der Waals surface area contributed by atoms with Gasteiger partial charge in [0.15, 0.2) is 0 Å². The molecule has 1 saturated carbocycles. The van der Waals surface area contributed by atoms with Crippen molar-refractivity contribution in [2.75, 3.05) is 26.7 Å². The van der Waals surface area contributed by atoms with Crippen LogP contribution in [0, 0.1) is 5.92 Å². The van der Waals surface area contributed by atoms with Gasteiger partial charge in [0.2, 0.25) is 11.8 Å². The average molecular weight is 490 g/mol. The summed E-state index contributed by atoms with van der Waals surface area (Å²) in [5.74, 6) is 0.968. The third-order valence-electron chi connectivity index (χ3n) is 7.32. The van der Waals surface area contributed by atoms with Gasteiger partial charge in [-0.15, -0.1) is 0 Å². The van der Waals surface area contributed by atoms with Gasteiger partial charge in [-0.2, -0.15) is 0 Å². The van der Waals surface area contributed by atoms with E-state index in [2.05, 4.69) is 24.0 Å². The molecule has 2 amide bonds. The van der Waals surface area contributed by atoms with Gasteiger partial charge in [0.05, 0.1) is 13.7 Å². The molecule has 0 spiro atoms. The fourth-order valence-corrected chi connectivity index (χ4v) is 5.33. The monoisotopic (exact) mass is 489 g/mol. The van der Waals surface area contributed by atoms with E-state index in [1.165, 1.54) is 17.4 Å². The molecule has 192 valence electrons. The maximum Gasteiger partial charge on any atom is 0.242 e. The number of carbonyl (C=O) groups excluding carboxylic acids is 2. The number of aromatic nitrogens is 1. The van der Waals surface area contributed by atoms with Gasteiger partial charge in [0.25, 0.3) is 0 Å². The van der Waals surface area contributed by atoms with Crippen LogP contribution in [0.25, 0.3) is 10.9 Å². The Bertz CT molecular complexity index is 1150. The molecule has 0 bridgehead atoms. The number of fused-ring (bicyclic) bond motifs is 1. The molecule has 1 aliphatic carbocycles. The summed E-state index contributed by atoms with van der Waals surface area (Å²) in [7, 11) is 1.66. The first kappa shape index (κ1) is 25.8. The van der Waals surface area contributed by atoms with E-state index in [4.69, 9.17) is 4.74 Å². The number of H-pyrrole nitrogens is 1. The number of benzene rings is 2. The van der Waals surface area contributed by atoms with Crippen molar-refractivity contribution in [1.29, 1.82) is 0 Å². The maximum absolute atomic E-state index is 13.7. The largest absolute Gasteiger partial charge is 0.496 e. The van der Waals surface area contributed by atoms with Gasteiger partial charge in [-0.1, -0.05) is 62.6 Å². The van der Waals surface area contributed by atoms with E-state index in [1.54, 1.807) is 12.0 Å². The molecule has 0 atom stereocenters. The van der Waals surface area contributed by atoms with Gasteiger partial charge in [-0.25, -0.2) is 0 Å². The lowest BCUT2D eigenvalue weighted by Crippen LogP contribution is -2.45. The van der Waals surface area contributed by atoms with Crippen LogP contribution in [0.5, 0.6) is 5.75 Å². The number of hydrogen-bond acceptors (Lipinski definition) is 3. The minimum Gasteiger partial charge on any atom is -0.496 e. The second-order valence-electron chi connectivity index (χ2n) is 9.83. The Morgan fingerprint density at radius 3 is 2.47 bits per heavy atom. The summed E-state index contributed by atoms with van der Waals surface area (Å²) in [6.07, 6.45) is 8.91. The Kier molecular flexibility index (Phi) is 9.04. The molecule has 0 unspecified atom stereocenters. The van der Waals surface area contributed by atoms with Crippen molar-refractivity contribution in [1.82, 2.24) is 14.8 Å². The minimum absolute atomic E-state index is 0.0154. The molecule has 36 heavy (non-hydrogen) atoms. The molecule has 3 aromatic rings. The predicted molar refractivity (Wildman–Crippen MR) is 144 cm³/mol. The lowest BCUT2D eigenvalue weighted by molar-refractivity contribution is -0.144. The average Bonchev–Trinajstić information content (AvgIpc) is 3.34. The van der Waals surface area contributed by atoms with Crippen molar-refractivity contribution in [3.05, 3.63) is 65.9 Å². The van der Waals surface area contributed by atoms with Gasteiger partial charge in [-0.3, -0.25) is 9.59 Å². The number of ether oxygens (including phenoxy) is 1. The van der Waals surface area contributed by atoms with E-state index in [0.717, 1.165) is 55.4 Å². The van der Waals surface area contributed by atoms with Gasteiger partial charge in [-0.05, 0) is 43.4 Å². The summed E-state index contributed by atoms with van der Waals surface area (Å²) >= 11 is 0. The molecular weight excluding hydrogens is 450 g/mol. The molecule has 0 saturated heterocycles. The highest BCUT2D eigenvalue weighted by Crippen LogP contribution is 2.26. The molecular formula is C30H39N3O3. The number of rotatable bonds is 11. The van der Waals surface area contributed by atoms with E-state index < -0.39 is 0 Å². The molecule has 0 radical (unpaired) electrons. The summed E-state index contributed by atoms with van der Waals surface area (Å²) in [6, 6.07) is 16.1. The fraction of sp³-hybridized carbons (Fsp3) is 0.467. The molecule has 6 nitrogen and oxygen atoms in total. The van der Waals surface area contributed by atoms with Gasteiger partial charge in [0, 0.05) is 48.2 Å². The van der Waals surface area contributed by atoms with Crippen LogP contribution in [0.2, 0.25) is 0 Å². The molecule has 1 aromatic heterocycles. The molecule has 6 heteroatoms. The fourth-order valence-electron chi connectivity index (χ4n) is 5.33. The van der Waals surface area contributed by atoms with Crippen molar-refractivity contribution in [3.63, 3.8) is 0 Å². The zero-order valence-electron chi connectivity index (χ0n) is 21.7. The van der Waals surface area contributed by atoms with Crippen LogP contribution in [-0.4, -0.2) is 53.3 Å². The third kappa shape index (κ3) is 6.28. The van der Waals surface area contributed by atoms with Crippen LogP contribution < -0.4 is 4.74 Å². The minimum atomic E-state index is -0.0154. The molecule has 1 fully saturated rings. The van der Waals surface area contributed by atoms with Crippen LogP contribution in [0.15, 0.2) is 54.7 Å². The second-order valence-corrected chi connectivity index (χ2v) is 9.83. The van der Waals surface area contributed by atoms with E-state index >= 15 is 0 Å². The smallest absolute Gasteiger partial charge is 0.242 e. The van der Waals surface area contributed by atoms with E-state index in [1.807, 2.05) is 47.5 Å². The van der Waals surface area contributed by atoms with Crippen LogP contribution in [0.3, 0.4) is 0 Å². The highest BCUT2D eigenvalue weighted by molar-refractivity contribution is 5.86. The first-order valence-corrected chi connectivity index (χ1v) is 13.3. The van der Waals surface area contributed by atoms with Gasteiger partial charge in [0.1, 0.15) is 5.75 Å². The standard InChI is InChI=1S/C30H39N3O3/c1-3-18-33(30(35)23-11-5-4-6-12-23)22-29(34)32(21-25-13-7-10-16-28(25)36-2)19-17-24-20-31-27-15-9-8-14-26(24)27/h7-10,13-16,20,23,31H,3-6,11-12,17-19,21-22H2,1-2H3. The molecule has 4 rings (SSSR count). The molecule has 1 N–H and O–H groups in total. The number of carbonyl (C=O) groups is 2.